The monoisotopic (exact) mass is 278 g/mol. The number of carbonyl (C=O) groups is 2. The summed E-state index contributed by atoms with van der Waals surface area (Å²) < 4.78 is 4.88. The standard InChI is InChI=1S/C14H18N2O4/c17-8-2-1-6-13(18)15-11-4-3-5-12(10-11)16-7-9-20-14(16)19/h3-5,10,17H,1-2,6-9H2,(H,15,18). The molecule has 2 amide bonds. The second-order valence-corrected chi connectivity index (χ2v) is 4.55. The number of aliphatic hydroxyl groups is 1. The summed E-state index contributed by atoms with van der Waals surface area (Å²) in [6.07, 6.45) is 1.28. The average molecular weight is 278 g/mol. The maximum atomic E-state index is 11.7. The number of hydrogen-bond acceptors (Lipinski definition) is 4. The Morgan fingerprint density at radius 1 is 1.40 bits per heavy atom. The van der Waals surface area contributed by atoms with Crippen LogP contribution in [-0.2, 0) is 9.53 Å². The summed E-state index contributed by atoms with van der Waals surface area (Å²) in [4.78, 5) is 24.7. The second-order valence-electron chi connectivity index (χ2n) is 4.55. The number of carbonyl (C=O) groups excluding carboxylic acids is 2. The lowest BCUT2D eigenvalue weighted by Crippen LogP contribution is -2.23. The molecule has 0 unspecified atom stereocenters. The third kappa shape index (κ3) is 3.71. The number of hydrogen-bond donors (Lipinski definition) is 2. The molecular formula is C14H18N2O4. The Bertz CT molecular complexity index is 490. The van der Waals surface area contributed by atoms with Crippen LogP contribution in [0.5, 0.6) is 0 Å². The molecule has 0 bridgehead atoms. The number of cyclic esters (lactones) is 1. The number of nitrogens with zero attached hydrogens (tertiary/aromatic N) is 1. The van der Waals surface area contributed by atoms with Crippen molar-refractivity contribution in [1.29, 1.82) is 0 Å². The first-order chi connectivity index (χ1) is 9.70. The third-order valence-electron chi connectivity index (χ3n) is 3.01. The molecule has 6 heteroatoms. The maximum Gasteiger partial charge on any atom is 0.414 e. The first-order valence-corrected chi connectivity index (χ1v) is 6.66. The highest BCUT2D eigenvalue weighted by Gasteiger charge is 2.23. The highest BCUT2D eigenvalue weighted by atomic mass is 16.6. The van der Waals surface area contributed by atoms with Gasteiger partial charge in [0.05, 0.1) is 6.54 Å². The number of nitrogens with one attached hydrogen (secondary N) is 1. The minimum Gasteiger partial charge on any atom is -0.447 e. The van der Waals surface area contributed by atoms with E-state index in [0.717, 1.165) is 0 Å². The molecule has 1 aliphatic rings. The van der Waals surface area contributed by atoms with Gasteiger partial charge in [-0.2, -0.15) is 0 Å². The topological polar surface area (TPSA) is 78.9 Å². The van der Waals surface area contributed by atoms with Gasteiger partial charge in [-0.3, -0.25) is 9.69 Å². The molecule has 6 nitrogen and oxygen atoms in total. The van der Waals surface area contributed by atoms with Crippen molar-refractivity contribution in [2.24, 2.45) is 0 Å². The molecule has 1 saturated heterocycles. The third-order valence-corrected chi connectivity index (χ3v) is 3.01. The number of amides is 2. The number of unbranched alkanes of at least 4 members (excludes halogenated alkanes) is 1. The van der Waals surface area contributed by atoms with Crippen molar-refractivity contribution in [2.45, 2.75) is 19.3 Å². The average Bonchev–Trinajstić information content (AvgIpc) is 2.85. The van der Waals surface area contributed by atoms with Crippen LogP contribution in [0.25, 0.3) is 0 Å². The second kappa shape index (κ2) is 6.91. The molecule has 1 aromatic carbocycles. The van der Waals surface area contributed by atoms with Gasteiger partial charge in [-0.1, -0.05) is 6.07 Å². The van der Waals surface area contributed by atoms with E-state index >= 15 is 0 Å². The molecule has 2 rings (SSSR count). The Labute approximate surface area is 117 Å². The predicted octanol–water partition coefficient (Wildman–Crippen LogP) is 1.74. The van der Waals surface area contributed by atoms with Gasteiger partial charge in [-0.05, 0) is 31.0 Å². The van der Waals surface area contributed by atoms with Gasteiger partial charge in [0.15, 0.2) is 0 Å². The highest BCUT2D eigenvalue weighted by Crippen LogP contribution is 2.22. The molecule has 0 aromatic heterocycles. The number of anilines is 2. The zero-order valence-corrected chi connectivity index (χ0v) is 11.2. The summed E-state index contributed by atoms with van der Waals surface area (Å²) in [6, 6.07) is 7.10. The Morgan fingerprint density at radius 2 is 2.25 bits per heavy atom. The Balaban J connectivity index is 1.95. The van der Waals surface area contributed by atoms with Gasteiger partial charge in [0.2, 0.25) is 5.91 Å². The lowest BCUT2D eigenvalue weighted by atomic mass is 10.2. The molecule has 0 aliphatic carbocycles. The summed E-state index contributed by atoms with van der Waals surface area (Å²) in [5, 5.41) is 11.5. The molecule has 1 heterocycles. The van der Waals surface area contributed by atoms with Crippen molar-refractivity contribution in [3.05, 3.63) is 24.3 Å². The summed E-state index contributed by atoms with van der Waals surface area (Å²) >= 11 is 0. The first-order valence-electron chi connectivity index (χ1n) is 6.66. The van der Waals surface area contributed by atoms with Gasteiger partial charge >= 0.3 is 6.09 Å². The van der Waals surface area contributed by atoms with Crippen LogP contribution in [0.4, 0.5) is 16.2 Å². The van der Waals surface area contributed by atoms with Gasteiger partial charge in [0.25, 0.3) is 0 Å². The lowest BCUT2D eigenvalue weighted by molar-refractivity contribution is -0.116. The summed E-state index contributed by atoms with van der Waals surface area (Å²) in [7, 11) is 0. The molecule has 0 spiro atoms. The molecule has 1 aliphatic heterocycles. The largest absolute Gasteiger partial charge is 0.447 e. The van der Waals surface area contributed by atoms with E-state index in [-0.39, 0.29) is 18.6 Å². The molecule has 1 fully saturated rings. The minimum atomic E-state index is -0.364. The molecule has 0 atom stereocenters. The van der Waals surface area contributed by atoms with E-state index < -0.39 is 0 Å². The quantitative estimate of drug-likeness (QED) is 0.777. The summed E-state index contributed by atoms with van der Waals surface area (Å²) in [6.45, 7) is 1.00. The summed E-state index contributed by atoms with van der Waals surface area (Å²) in [5.74, 6) is -0.0976. The molecule has 0 saturated carbocycles. The van der Waals surface area contributed by atoms with Crippen LogP contribution >= 0.6 is 0 Å². The van der Waals surface area contributed by atoms with Crippen molar-refractivity contribution < 1.29 is 19.4 Å². The number of rotatable bonds is 6. The van der Waals surface area contributed by atoms with Crippen molar-refractivity contribution >= 4 is 23.4 Å². The first kappa shape index (κ1) is 14.3. The molecule has 108 valence electrons. The smallest absolute Gasteiger partial charge is 0.414 e. The molecule has 20 heavy (non-hydrogen) atoms. The fraction of sp³-hybridized carbons (Fsp3) is 0.429. The van der Waals surface area contributed by atoms with E-state index in [4.69, 9.17) is 9.84 Å². The molecular weight excluding hydrogens is 260 g/mol. The zero-order chi connectivity index (χ0) is 14.4. The van der Waals surface area contributed by atoms with Crippen LogP contribution < -0.4 is 10.2 Å². The van der Waals surface area contributed by atoms with Crippen LogP contribution in [0.3, 0.4) is 0 Å². The van der Waals surface area contributed by atoms with Gasteiger partial charge < -0.3 is 15.2 Å². The maximum absolute atomic E-state index is 11.7. The van der Waals surface area contributed by atoms with Crippen molar-refractivity contribution in [3.8, 4) is 0 Å². The zero-order valence-electron chi connectivity index (χ0n) is 11.2. The van der Waals surface area contributed by atoms with Gasteiger partial charge in [-0.25, -0.2) is 4.79 Å². The molecule has 1 aromatic rings. The van der Waals surface area contributed by atoms with Crippen molar-refractivity contribution in [1.82, 2.24) is 0 Å². The van der Waals surface area contributed by atoms with E-state index in [0.29, 0.717) is 43.8 Å². The van der Waals surface area contributed by atoms with Crippen molar-refractivity contribution in [3.63, 3.8) is 0 Å². The van der Waals surface area contributed by atoms with Crippen molar-refractivity contribution in [2.75, 3.05) is 30.0 Å². The normalized spacial score (nSPS) is 14.2. The van der Waals surface area contributed by atoms with E-state index in [1.54, 1.807) is 24.3 Å². The van der Waals surface area contributed by atoms with Crippen LogP contribution in [0, 0.1) is 0 Å². The van der Waals surface area contributed by atoms with Crippen LogP contribution in [0.15, 0.2) is 24.3 Å². The van der Waals surface area contributed by atoms with Crippen LogP contribution in [0.1, 0.15) is 19.3 Å². The van der Waals surface area contributed by atoms with E-state index in [2.05, 4.69) is 5.32 Å². The van der Waals surface area contributed by atoms with Gasteiger partial charge in [0.1, 0.15) is 6.61 Å². The minimum absolute atomic E-state index is 0.0971. The Morgan fingerprint density at radius 3 is 2.95 bits per heavy atom. The number of aliphatic hydroxyl groups excluding tert-OH is 1. The highest BCUT2D eigenvalue weighted by molar-refractivity contribution is 5.93. The Kier molecular flexibility index (Phi) is 4.95. The fourth-order valence-corrected chi connectivity index (χ4v) is 2.00. The molecule has 0 radical (unpaired) electrons. The van der Waals surface area contributed by atoms with Gasteiger partial charge in [-0.15, -0.1) is 0 Å². The number of benzene rings is 1. The SMILES string of the molecule is O=C(CCCCO)Nc1cccc(N2CCOC2=O)c1. The Hall–Kier alpha value is -2.08. The fourth-order valence-electron chi connectivity index (χ4n) is 2.00. The van der Waals surface area contributed by atoms with Gasteiger partial charge in [0, 0.05) is 24.4 Å². The van der Waals surface area contributed by atoms with E-state index in [1.807, 2.05) is 0 Å². The number of ether oxygens (including phenoxy) is 1. The lowest BCUT2D eigenvalue weighted by Gasteiger charge is -2.14. The molecule has 2 N–H and O–H groups in total. The van der Waals surface area contributed by atoms with E-state index in [1.165, 1.54) is 4.90 Å². The van der Waals surface area contributed by atoms with Crippen LogP contribution in [0.2, 0.25) is 0 Å². The van der Waals surface area contributed by atoms with Crippen LogP contribution in [-0.4, -0.2) is 36.9 Å². The van der Waals surface area contributed by atoms with E-state index in [9.17, 15) is 9.59 Å². The summed E-state index contributed by atoms with van der Waals surface area (Å²) in [5.41, 5.74) is 1.36. The predicted molar refractivity (Wildman–Crippen MR) is 74.7 cm³/mol.